The molecule has 4 heterocycles. The van der Waals surface area contributed by atoms with Crippen molar-refractivity contribution in [3.05, 3.63) is 466 Å². The fourth-order valence-corrected chi connectivity index (χ4v) is 21.0. The molecule has 0 atom stereocenters. The first-order chi connectivity index (χ1) is 63.1. The number of fused-ring (bicyclic) bond motifs is 13. The molecule has 592 valence electrons. The molecule has 0 fully saturated rings. The van der Waals surface area contributed by atoms with Crippen molar-refractivity contribution in [2.24, 2.45) is 4.99 Å². The van der Waals surface area contributed by atoms with E-state index in [0.717, 1.165) is 188 Å². The molecule has 6 heteroatoms. The summed E-state index contributed by atoms with van der Waals surface area (Å²) in [6.07, 6.45) is 5.24. The summed E-state index contributed by atoms with van der Waals surface area (Å²) in [4.78, 5) is 11.4. The molecule has 3 aromatic heterocycles. The molecule has 21 aromatic carbocycles. The van der Waals surface area contributed by atoms with Crippen LogP contribution in [0.25, 0.3) is 232 Å². The lowest BCUT2D eigenvalue weighted by Crippen LogP contribution is -2.29. The number of nitrogens with zero attached hydrogens (tertiary/aromatic N) is 5. The molecule has 1 aliphatic heterocycles. The molecule has 0 bridgehead atoms. The molecule has 0 saturated carbocycles. The van der Waals surface area contributed by atoms with Crippen molar-refractivity contribution in [2.75, 3.05) is 0 Å². The van der Waals surface area contributed by atoms with E-state index in [4.69, 9.17) is 9.98 Å². The normalized spacial score (nSPS) is 13.0. The Hall–Kier alpha value is -16.8. The van der Waals surface area contributed by atoms with Gasteiger partial charge in [0.15, 0.2) is 0 Å². The number of rotatable bonds is 13. The largest absolute Gasteiger partial charge is 0.325 e. The second-order valence-corrected chi connectivity index (χ2v) is 33.2. The SMILES string of the molecule is C1=C(c2ccccc2)N=C(n2c3ccccc3c3cc4c5ccccc5n(-c5cccc(-c6c(-c7ccccc7)c(-c7cccc(-c8nc9ccccc9n8-c8ccccc8)c7)c7c8cccc9c%10c(-c%11ccccc%11)c(-c%11ccccc%11)c(-c%11ccccc%11)c(-c%11ccccc%11)c%10c%10cccc(c7c6-c6ccccc6)c%10c98)c5)c4cc32)N/C(c2ccccc2)=C\C1. The van der Waals surface area contributed by atoms with Crippen LogP contribution in [0.1, 0.15) is 17.5 Å². The van der Waals surface area contributed by atoms with Crippen LogP contribution in [0.4, 0.5) is 0 Å². The minimum Gasteiger partial charge on any atom is -0.325 e. The van der Waals surface area contributed by atoms with E-state index in [1.165, 1.54) is 54.6 Å². The van der Waals surface area contributed by atoms with Crippen LogP contribution in [0.15, 0.2) is 460 Å². The first kappa shape index (κ1) is 73.0. The van der Waals surface area contributed by atoms with E-state index in [9.17, 15) is 0 Å². The maximum absolute atomic E-state index is 5.73. The molecule has 25 rings (SSSR count). The van der Waals surface area contributed by atoms with Gasteiger partial charge in [-0.25, -0.2) is 9.98 Å². The van der Waals surface area contributed by atoms with Crippen LogP contribution in [0.5, 0.6) is 0 Å². The average molecular weight is 1620 g/mol. The van der Waals surface area contributed by atoms with E-state index in [1.807, 2.05) is 0 Å². The summed E-state index contributed by atoms with van der Waals surface area (Å²) in [5, 5.41) is 20.4. The molecule has 127 heavy (non-hydrogen) atoms. The minimum atomic E-state index is 0.696. The zero-order valence-corrected chi connectivity index (χ0v) is 69.2. The quantitative estimate of drug-likeness (QED) is 0.0924. The number of aliphatic imine (C=N–C) groups is 1. The van der Waals surface area contributed by atoms with Gasteiger partial charge in [-0.15, -0.1) is 0 Å². The maximum atomic E-state index is 5.73. The van der Waals surface area contributed by atoms with Gasteiger partial charge in [-0.05, 0) is 227 Å². The molecule has 0 saturated heterocycles. The number of hydrogen-bond donors (Lipinski definition) is 1. The summed E-state index contributed by atoms with van der Waals surface area (Å²) in [6.45, 7) is 0. The number of nitrogens with one attached hydrogen (secondary N) is 1. The lowest BCUT2D eigenvalue weighted by atomic mass is 9.73. The van der Waals surface area contributed by atoms with Crippen molar-refractivity contribution in [1.29, 1.82) is 0 Å². The van der Waals surface area contributed by atoms with Crippen LogP contribution in [0.2, 0.25) is 0 Å². The highest BCUT2D eigenvalue weighted by Gasteiger charge is 2.34. The van der Waals surface area contributed by atoms with Gasteiger partial charge in [0, 0.05) is 44.2 Å². The van der Waals surface area contributed by atoms with E-state index >= 15 is 0 Å². The van der Waals surface area contributed by atoms with Gasteiger partial charge in [0.05, 0.1) is 38.8 Å². The number of aromatic nitrogens is 4. The summed E-state index contributed by atoms with van der Waals surface area (Å²) in [6, 6.07) is 164. The Bertz CT molecular complexity index is 8610. The van der Waals surface area contributed by atoms with Crippen molar-refractivity contribution >= 4 is 126 Å². The van der Waals surface area contributed by atoms with Gasteiger partial charge < -0.3 is 9.88 Å². The Morgan fingerprint density at radius 2 is 0.543 bits per heavy atom. The third-order valence-corrected chi connectivity index (χ3v) is 26.1. The Labute approximate surface area is 734 Å². The van der Waals surface area contributed by atoms with Crippen LogP contribution in [-0.4, -0.2) is 24.6 Å². The molecule has 0 aliphatic carbocycles. The Morgan fingerprint density at radius 1 is 0.205 bits per heavy atom. The number of para-hydroxylation sites is 5. The maximum Gasteiger partial charge on any atom is 0.213 e. The van der Waals surface area contributed by atoms with Gasteiger partial charge in [-0.2, -0.15) is 0 Å². The average Bonchev–Trinajstić information content (AvgIpc) is 1.38. The Morgan fingerprint density at radius 3 is 1.03 bits per heavy atom. The van der Waals surface area contributed by atoms with E-state index in [1.54, 1.807) is 0 Å². The van der Waals surface area contributed by atoms with Crippen molar-refractivity contribution in [3.8, 4) is 112 Å². The predicted molar refractivity (Wildman–Crippen MR) is 535 cm³/mol. The molecular weight excluding hydrogens is 1540 g/mol. The lowest BCUT2D eigenvalue weighted by Gasteiger charge is -2.29. The standard InChI is InChI=1S/C121H78N6/c1-10-39-77(40-11-1)98-68-38-69-99(78-41-12-2-13-42-78)124-121(123-98)127-102-71-32-29-62-91(102)97-75-96-90-61-28-31-70-101(90)125(104(96)76-105(97)127)89-60-35-56-86(74-89)112-108(81-47-18-5-19-48-81)113(85-55-34-57-87(73-85)120-122-100-67-30-33-72-103(100)126(120)88-58-26-9-27-59-88)119-95-66-37-64-93-115(95)114-92(63-36-65-94(114)118(119)111(112)84-53-24-8-25-54-84)116-109(82-49-20-6-21-50-82)106(79-43-14-3-15-44-79)107(80-45-16-4-17-46-80)110(117(93)116)83-51-22-7-23-52-83/h1-37,39-76H,38H2,(H,123,124)/b98-68-,99-69?. The van der Waals surface area contributed by atoms with Crippen LogP contribution in [0.3, 0.4) is 0 Å². The molecule has 1 aliphatic rings. The third kappa shape index (κ3) is 11.8. The second-order valence-electron chi connectivity index (χ2n) is 33.2. The van der Waals surface area contributed by atoms with Crippen molar-refractivity contribution in [2.45, 2.75) is 6.42 Å². The highest BCUT2D eigenvalue weighted by Crippen LogP contribution is 2.61. The van der Waals surface area contributed by atoms with Crippen molar-refractivity contribution in [1.82, 2.24) is 24.0 Å². The van der Waals surface area contributed by atoms with E-state index in [-0.39, 0.29) is 0 Å². The fourth-order valence-electron chi connectivity index (χ4n) is 21.0. The van der Waals surface area contributed by atoms with E-state index in [0.29, 0.717) is 12.4 Å². The summed E-state index contributed by atoms with van der Waals surface area (Å²) < 4.78 is 7.21. The molecule has 24 aromatic rings. The summed E-state index contributed by atoms with van der Waals surface area (Å²) in [7, 11) is 0. The van der Waals surface area contributed by atoms with Gasteiger partial charge in [0.25, 0.3) is 0 Å². The summed E-state index contributed by atoms with van der Waals surface area (Å²) >= 11 is 0. The van der Waals surface area contributed by atoms with Crippen molar-refractivity contribution < 1.29 is 0 Å². The van der Waals surface area contributed by atoms with Crippen LogP contribution >= 0.6 is 0 Å². The first-order valence-electron chi connectivity index (χ1n) is 43.8. The number of imidazole rings is 1. The third-order valence-electron chi connectivity index (χ3n) is 26.1. The van der Waals surface area contributed by atoms with Crippen molar-refractivity contribution in [3.63, 3.8) is 0 Å². The molecule has 6 nitrogen and oxygen atoms in total. The molecule has 0 spiro atoms. The van der Waals surface area contributed by atoms with Gasteiger partial charge in [0.1, 0.15) is 5.82 Å². The molecule has 0 unspecified atom stereocenters. The van der Waals surface area contributed by atoms with Crippen LogP contribution in [-0.2, 0) is 0 Å². The monoisotopic (exact) mass is 1610 g/mol. The molecule has 0 radical (unpaired) electrons. The number of hydrogen-bond acceptors (Lipinski definition) is 3. The number of benzene rings is 21. The topological polar surface area (TPSA) is 52.1 Å². The van der Waals surface area contributed by atoms with Gasteiger partial charge in [-0.3, -0.25) is 9.13 Å². The van der Waals surface area contributed by atoms with Gasteiger partial charge in [0.2, 0.25) is 5.96 Å². The van der Waals surface area contributed by atoms with E-state index in [2.05, 4.69) is 474 Å². The summed E-state index contributed by atoms with van der Waals surface area (Å²) in [5.41, 5.74) is 31.4. The van der Waals surface area contributed by atoms with Gasteiger partial charge in [-0.1, -0.05) is 388 Å². The lowest BCUT2D eigenvalue weighted by molar-refractivity contribution is 1.10. The van der Waals surface area contributed by atoms with Crippen LogP contribution in [0, 0.1) is 0 Å². The highest BCUT2D eigenvalue weighted by atomic mass is 15.2. The molecule has 0 amide bonds. The van der Waals surface area contributed by atoms with E-state index < -0.39 is 0 Å². The Balaban J connectivity index is 0.841. The number of allylic oxidation sites excluding steroid dienone is 2. The molecular formula is C121H78N6. The highest BCUT2D eigenvalue weighted by molar-refractivity contribution is 6.47. The first-order valence-corrected chi connectivity index (χ1v) is 43.8. The minimum absolute atomic E-state index is 0.696. The Kier molecular flexibility index (Phi) is 17.3. The van der Waals surface area contributed by atoms with Gasteiger partial charge >= 0.3 is 0 Å². The molecule has 1 N–H and O–H groups in total. The zero-order valence-electron chi connectivity index (χ0n) is 69.2. The smallest absolute Gasteiger partial charge is 0.213 e. The summed E-state index contributed by atoms with van der Waals surface area (Å²) in [5.74, 6) is 1.56. The van der Waals surface area contributed by atoms with Crippen LogP contribution < -0.4 is 5.32 Å². The predicted octanol–water partition coefficient (Wildman–Crippen LogP) is 31.7. The second kappa shape index (κ2) is 30.1. The fraction of sp³-hybridized carbons (Fsp3) is 0.00826. The zero-order chi connectivity index (χ0) is 83.6.